The summed E-state index contributed by atoms with van der Waals surface area (Å²) in [5.74, 6) is 1.41. The molecule has 0 aromatic carbocycles. The highest BCUT2D eigenvalue weighted by atomic mass is 32.1. The summed E-state index contributed by atoms with van der Waals surface area (Å²) < 4.78 is 5.97. The highest BCUT2D eigenvalue weighted by molar-refractivity contribution is 7.15. The summed E-state index contributed by atoms with van der Waals surface area (Å²) in [5.41, 5.74) is 0. The van der Waals surface area contributed by atoms with Gasteiger partial charge in [-0.2, -0.15) is 0 Å². The minimum atomic E-state index is 0.254. The predicted octanol–water partition coefficient (Wildman–Crippen LogP) is 4.51. The first-order valence-corrected chi connectivity index (χ1v) is 9.16. The summed E-state index contributed by atoms with van der Waals surface area (Å²) in [4.78, 5) is 6.15. The van der Waals surface area contributed by atoms with Crippen LogP contribution in [-0.2, 0) is 6.54 Å². The second kappa shape index (κ2) is 5.95. The van der Waals surface area contributed by atoms with Crippen molar-refractivity contribution in [3.8, 4) is 10.8 Å². The van der Waals surface area contributed by atoms with Gasteiger partial charge in [0.25, 0.3) is 5.89 Å². The maximum atomic E-state index is 5.97. The maximum absolute atomic E-state index is 5.97. The maximum Gasteiger partial charge on any atom is 0.257 e. The third-order valence-corrected chi connectivity index (χ3v) is 5.83. The SMILES string of the molecule is Cc1ccc(-c2nnc(C3CCCN3Cc3cccs3)o2)s1. The second-order valence-corrected chi connectivity index (χ2v) is 7.88. The number of rotatable bonds is 4. The van der Waals surface area contributed by atoms with Crippen LogP contribution in [0.15, 0.2) is 34.1 Å². The van der Waals surface area contributed by atoms with E-state index < -0.39 is 0 Å². The van der Waals surface area contributed by atoms with Crippen LogP contribution in [0, 0.1) is 6.92 Å². The number of aryl methyl sites for hydroxylation is 1. The fourth-order valence-corrected chi connectivity index (χ4v) is 4.43. The monoisotopic (exact) mass is 331 g/mol. The van der Waals surface area contributed by atoms with Crippen LogP contribution in [0.1, 0.15) is 34.5 Å². The lowest BCUT2D eigenvalue weighted by Gasteiger charge is -2.20. The third-order valence-electron chi connectivity index (χ3n) is 3.98. The fraction of sp³-hybridized carbons (Fsp3) is 0.375. The summed E-state index contributed by atoms with van der Waals surface area (Å²) >= 11 is 3.50. The Hall–Kier alpha value is -1.50. The zero-order valence-electron chi connectivity index (χ0n) is 12.4. The molecule has 4 rings (SSSR count). The fourth-order valence-electron chi connectivity index (χ4n) is 2.92. The van der Waals surface area contributed by atoms with E-state index >= 15 is 0 Å². The Labute approximate surface area is 137 Å². The molecule has 3 aromatic rings. The number of hydrogen-bond acceptors (Lipinski definition) is 6. The first-order chi connectivity index (χ1) is 10.8. The molecule has 1 fully saturated rings. The van der Waals surface area contributed by atoms with Crippen LogP contribution in [-0.4, -0.2) is 21.6 Å². The minimum absolute atomic E-state index is 0.254. The Bertz CT molecular complexity index is 747. The zero-order valence-corrected chi connectivity index (χ0v) is 14.0. The van der Waals surface area contributed by atoms with E-state index in [1.165, 1.54) is 16.2 Å². The standard InChI is InChI=1S/C16H17N3OS2/c1-11-6-7-14(22-11)16-18-17-15(20-16)13-5-2-8-19(13)10-12-4-3-9-21-12/h3-4,6-7,9,13H,2,5,8,10H2,1H3. The van der Waals surface area contributed by atoms with Gasteiger partial charge in [0.1, 0.15) is 0 Å². The molecule has 4 nitrogen and oxygen atoms in total. The zero-order chi connectivity index (χ0) is 14.9. The molecule has 22 heavy (non-hydrogen) atoms. The molecule has 1 aliphatic heterocycles. The summed E-state index contributed by atoms with van der Waals surface area (Å²) in [5, 5.41) is 10.7. The van der Waals surface area contributed by atoms with Crippen molar-refractivity contribution < 1.29 is 4.42 Å². The largest absolute Gasteiger partial charge is 0.418 e. The molecule has 0 spiro atoms. The predicted molar refractivity (Wildman–Crippen MR) is 89.1 cm³/mol. The Morgan fingerprint density at radius 3 is 3.05 bits per heavy atom. The van der Waals surface area contributed by atoms with Crippen molar-refractivity contribution in [1.29, 1.82) is 0 Å². The molecule has 114 valence electrons. The first kappa shape index (κ1) is 14.1. The summed E-state index contributed by atoms with van der Waals surface area (Å²) in [6.45, 7) is 4.15. The van der Waals surface area contributed by atoms with Gasteiger partial charge in [-0.1, -0.05) is 6.07 Å². The van der Waals surface area contributed by atoms with Gasteiger partial charge in [0, 0.05) is 16.3 Å². The number of nitrogens with zero attached hydrogens (tertiary/aromatic N) is 3. The van der Waals surface area contributed by atoms with Crippen LogP contribution in [0.25, 0.3) is 10.8 Å². The molecule has 0 N–H and O–H groups in total. The Morgan fingerprint density at radius 2 is 2.27 bits per heavy atom. The van der Waals surface area contributed by atoms with E-state index in [0.717, 1.165) is 30.3 Å². The smallest absolute Gasteiger partial charge is 0.257 e. The van der Waals surface area contributed by atoms with E-state index in [0.29, 0.717) is 5.89 Å². The van der Waals surface area contributed by atoms with E-state index in [2.05, 4.69) is 51.7 Å². The average molecular weight is 331 g/mol. The Balaban J connectivity index is 1.54. The highest BCUT2D eigenvalue weighted by Gasteiger charge is 2.30. The van der Waals surface area contributed by atoms with Gasteiger partial charge in [-0.25, -0.2) is 0 Å². The van der Waals surface area contributed by atoms with Crippen molar-refractivity contribution in [3.05, 3.63) is 45.3 Å². The number of thiophene rings is 2. The molecule has 0 aliphatic carbocycles. The molecule has 3 aromatic heterocycles. The van der Waals surface area contributed by atoms with Crippen LogP contribution in [0.5, 0.6) is 0 Å². The number of aromatic nitrogens is 2. The van der Waals surface area contributed by atoms with Gasteiger partial charge in [0.2, 0.25) is 5.89 Å². The summed E-state index contributed by atoms with van der Waals surface area (Å²) in [6, 6.07) is 8.69. The summed E-state index contributed by atoms with van der Waals surface area (Å²) in [6.07, 6.45) is 2.28. The topological polar surface area (TPSA) is 42.2 Å². The second-order valence-electron chi connectivity index (χ2n) is 5.56. The highest BCUT2D eigenvalue weighted by Crippen LogP contribution is 2.35. The van der Waals surface area contributed by atoms with Crippen molar-refractivity contribution in [2.45, 2.75) is 32.4 Å². The normalized spacial score (nSPS) is 19.0. The van der Waals surface area contributed by atoms with Gasteiger partial charge < -0.3 is 4.42 Å². The molecule has 1 atom stereocenters. The van der Waals surface area contributed by atoms with E-state index in [1.807, 2.05) is 0 Å². The van der Waals surface area contributed by atoms with Crippen LogP contribution in [0.2, 0.25) is 0 Å². The molecular formula is C16H17N3OS2. The molecule has 4 heterocycles. The molecule has 1 aliphatic rings. The van der Waals surface area contributed by atoms with Gasteiger partial charge >= 0.3 is 0 Å². The van der Waals surface area contributed by atoms with E-state index in [9.17, 15) is 0 Å². The van der Waals surface area contributed by atoms with Crippen molar-refractivity contribution in [2.75, 3.05) is 6.54 Å². The third kappa shape index (κ3) is 2.74. The molecule has 1 saturated heterocycles. The van der Waals surface area contributed by atoms with Crippen molar-refractivity contribution in [1.82, 2.24) is 15.1 Å². The van der Waals surface area contributed by atoms with Crippen molar-refractivity contribution in [3.63, 3.8) is 0 Å². The lowest BCUT2D eigenvalue weighted by molar-refractivity contribution is 0.217. The van der Waals surface area contributed by atoms with Gasteiger partial charge in [-0.05, 0) is 49.9 Å². The molecule has 0 amide bonds. The minimum Gasteiger partial charge on any atom is -0.418 e. The van der Waals surface area contributed by atoms with Crippen LogP contribution in [0.4, 0.5) is 0 Å². The van der Waals surface area contributed by atoms with Crippen LogP contribution in [0.3, 0.4) is 0 Å². The Kier molecular flexibility index (Phi) is 3.82. The molecule has 0 radical (unpaired) electrons. The molecule has 6 heteroatoms. The number of likely N-dealkylation sites (tertiary alicyclic amines) is 1. The Morgan fingerprint density at radius 1 is 1.32 bits per heavy atom. The lowest BCUT2D eigenvalue weighted by atomic mass is 10.2. The molecular weight excluding hydrogens is 314 g/mol. The van der Waals surface area contributed by atoms with Gasteiger partial charge in [0.05, 0.1) is 10.9 Å². The number of hydrogen-bond donors (Lipinski definition) is 0. The van der Waals surface area contributed by atoms with E-state index in [-0.39, 0.29) is 6.04 Å². The summed E-state index contributed by atoms with van der Waals surface area (Å²) in [7, 11) is 0. The average Bonchev–Trinajstić information content (AvgIpc) is 3.25. The van der Waals surface area contributed by atoms with E-state index in [4.69, 9.17) is 4.42 Å². The van der Waals surface area contributed by atoms with Crippen LogP contribution < -0.4 is 0 Å². The van der Waals surface area contributed by atoms with Gasteiger partial charge in [-0.3, -0.25) is 4.90 Å². The molecule has 0 saturated carbocycles. The molecule has 1 unspecified atom stereocenters. The van der Waals surface area contributed by atoms with Crippen molar-refractivity contribution in [2.24, 2.45) is 0 Å². The van der Waals surface area contributed by atoms with E-state index in [1.54, 1.807) is 22.7 Å². The lowest BCUT2D eigenvalue weighted by Crippen LogP contribution is -2.22. The molecule has 0 bridgehead atoms. The van der Waals surface area contributed by atoms with Gasteiger partial charge in [0.15, 0.2) is 0 Å². The van der Waals surface area contributed by atoms with Gasteiger partial charge in [-0.15, -0.1) is 32.9 Å². The first-order valence-electron chi connectivity index (χ1n) is 7.46. The quantitative estimate of drug-likeness (QED) is 0.705. The van der Waals surface area contributed by atoms with Crippen LogP contribution >= 0.6 is 22.7 Å². The van der Waals surface area contributed by atoms with Crippen molar-refractivity contribution >= 4 is 22.7 Å².